The van der Waals surface area contributed by atoms with Gasteiger partial charge in [-0.2, -0.15) is 5.26 Å². The van der Waals surface area contributed by atoms with Crippen LogP contribution in [0, 0.1) is 11.3 Å². The van der Waals surface area contributed by atoms with Crippen molar-refractivity contribution in [2.75, 3.05) is 6.61 Å². The molecule has 6 heteroatoms. The first-order valence-electron chi connectivity index (χ1n) is 9.95. The third kappa shape index (κ3) is 7.02. The van der Waals surface area contributed by atoms with Gasteiger partial charge in [-0.25, -0.2) is 0 Å². The number of para-hydroxylation sites is 1. The van der Waals surface area contributed by atoms with Crippen LogP contribution in [0.5, 0.6) is 5.75 Å². The summed E-state index contributed by atoms with van der Waals surface area (Å²) in [6.45, 7) is -0.207. The van der Waals surface area contributed by atoms with Crippen LogP contribution in [0.3, 0.4) is 0 Å². The van der Waals surface area contributed by atoms with Gasteiger partial charge in [0.1, 0.15) is 5.75 Å². The number of nitrogens with one attached hydrogen (secondary N) is 2. The molecule has 0 aromatic heterocycles. The minimum Gasteiger partial charge on any atom is -0.483 e. The summed E-state index contributed by atoms with van der Waals surface area (Å²) in [5.41, 5.74) is 8.41. The van der Waals surface area contributed by atoms with E-state index in [0.29, 0.717) is 24.2 Å². The molecule has 0 fully saturated rings. The molecule has 0 atom stereocenters. The third-order valence-corrected chi connectivity index (χ3v) is 4.63. The summed E-state index contributed by atoms with van der Waals surface area (Å²) in [4.78, 5) is 24.0. The van der Waals surface area contributed by atoms with Crippen molar-refractivity contribution < 1.29 is 14.3 Å². The lowest BCUT2D eigenvalue weighted by molar-refractivity contribution is -0.130. The smallest absolute Gasteiger partial charge is 0.276 e. The van der Waals surface area contributed by atoms with E-state index >= 15 is 0 Å². The number of hydrazine groups is 1. The van der Waals surface area contributed by atoms with E-state index in [9.17, 15) is 9.59 Å². The molecule has 0 radical (unpaired) electrons. The van der Waals surface area contributed by atoms with Crippen LogP contribution in [0.15, 0.2) is 78.9 Å². The Labute approximate surface area is 181 Å². The van der Waals surface area contributed by atoms with E-state index < -0.39 is 5.91 Å². The molecular formula is C25H23N3O3. The second-order valence-corrected chi connectivity index (χ2v) is 6.96. The number of aryl methyl sites for hydroxylation is 1. The zero-order valence-corrected chi connectivity index (χ0v) is 17.0. The van der Waals surface area contributed by atoms with E-state index in [-0.39, 0.29) is 18.9 Å². The molecule has 2 N–H and O–H groups in total. The molecule has 2 amide bonds. The first-order chi connectivity index (χ1) is 15.1. The van der Waals surface area contributed by atoms with E-state index in [1.807, 2.05) is 66.7 Å². The van der Waals surface area contributed by atoms with Crippen molar-refractivity contribution in [1.29, 1.82) is 5.26 Å². The van der Waals surface area contributed by atoms with E-state index in [1.165, 1.54) is 0 Å². The molecule has 0 bridgehead atoms. The predicted octanol–water partition coefficient (Wildman–Crippen LogP) is 3.31. The predicted molar refractivity (Wildman–Crippen MR) is 117 cm³/mol. The summed E-state index contributed by atoms with van der Waals surface area (Å²) >= 11 is 0. The molecule has 0 heterocycles. The first-order valence-corrected chi connectivity index (χ1v) is 9.95. The molecule has 3 aromatic carbocycles. The van der Waals surface area contributed by atoms with Crippen LogP contribution in [0.25, 0.3) is 0 Å². The quantitative estimate of drug-likeness (QED) is 0.554. The summed E-state index contributed by atoms with van der Waals surface area (Å²) < 4.78 is 5.66. The number of rotatable bonds is 8. The van der Waals surface area contributed by atoms with Gasteiger partial charge in [0, 0.05) is 12.8 Å². The second kappa shape index (κ2) is 11.2. The molecule has 0 aliphatic carbocycles. The van der Waals surface area contributed by atoms with Crippen LogP contribution in [-0.4, -0.2) is 18.4 Å². The highest BCUT2D eigenvalue weighted by atomic mass is 16.5. The Hall–Kier alpha value is -4.11. The Morgan fingerprint density at radius 1 is 0.806 bits per heavy atom. The average Bonchev–Trinajstić information content (AvgIpc) is 2.82. The van der Waals surface area contributed by atoms with Gasteiger partial charge in [0.15, 0.2) is 6.61 Å². The number of hydrogen-bond acceptors (Lipinski definition) is 4. The highest BCUT2D eigenvalue weighted by molar-refractivity contribution is 5.82. The van der Waals surface area contributed by atoms with Gasteiger partial charge >= 0.3 is 0 Å². The highest BCUT2D eigenvalue weighted by Gasteiger charge is 2.09. The molecule has 0 saturated carbocycles. The Morgan fingerprint density at radius 3 is 2.23 bits per heavy atom. The number of carbonyl (C=O) groups excluding carboxylic acids is 2. The monoisotopic (exact) mass is 413 g/mol. The molecule has 0 spiro atoms. The zero-order chi connectivity index (χ0) is 21.9. The number of carbonyl (C=O) groups is 2. The van der Waals surface area contributed by atoms with Gasteiger partial charge in [-0.05, 0) is 41.3 Å². The normalized spacial score (nSPS) is 10.0. The van der Waals surface area contributed by atoms with Crippen LogP contribution in [0.2, 0.25) is 0 Å². The lowest BCUT2D eigenvalue weighted by Crippen LogP contribution is -2.43. The molecule has 0 saturated heterocycles. The van der Waals surface area contributed by atoms with E-state index in [0.717, 1.165) is 16.7 Å². The van der Waals surface area contributed by atoms with Crippen LogP contribution in [-0.2, 0) is 22.4 Å². The summed E-state index contributed by atoms with van der Waals surface area (Å²) in [5, 5.41) is 8.80. The van der Waals surface area contributed by atoms with Crippen LogP contribution < -0.4 is 15.6 Å². The van der Waals surface area contributed by atoms with E-state index in [4.69, 9.17) is 10.00 Å². The van der Waals surface area contributed by atoms with Gasteiger partial charge in [0.05, 0.1) is 11.6 Å². The third-order valence-electron chi connectivity index (χ3n) is 4.63. The van der Waals surface area contributed by atoms with Gasteiger partial charge in [-0.3, -0.25) is 20.4 Å². The van der Waals surface area contributed by atoms with Crippen molar-refractivity contribution in [3.05, 3.63) is 101 Å². The lowest BCUT2D eigenvalue weighted by Gasteiger charge is -2.12. The largest absolute Gasteiger partial charge is 0.483 e. The van der Waals surface area contributed by atoms with Crippen LogP contribution in [0.1, 0.15) is 28.7 Å². The SMILES string of the molecule is N#Cc1ccc(CCC(=O)NNC(=O)COc2ccccc2Cc2ccccc2)cc1. The summed E-state index contributed by atoms with van der Waals surface area (Å²) in [7, 11) is 0. The van der Waals surface area contributed by atoms with E-state index in [1.54, 1.807) is 12.1 Å². The minimum absolute atomic E-state index is 0.207. The number of ether oxygens (including phenoxy) is 1. The van der Waals surface area contributed by atoms with Gasteiger partial charge in [0.2, 0.25) is 5.91 Å². The van der Waals surface area contributed by atoms with Gasteiger partial charge in [0.25, 0.3) is 5.91 Å². The number of nitrogens with zero attached hydrogens (tertiary/aromatic N) is 1. The number of amides is 2. The fraction of sp³-hybridized carbons (Fsp3) is 0.160. The van der Waals surface area contributed by atoms with Gasteiger partial charge in [-0.1, -0.05) is 60.7 Å². The molecule has 156 valence electrons. The van der Waals surface area contributed by atoms with Crippen molar-refractivity contribution >= 4 is 11.8 Å². The maximum atomic E-state index is 12.1. The van der Waals surface area contributed by atoms with Crippen LogP contribution >= 0.6 is 0 Å². The summed E-state index contributed by atoms with van der Waals surface area (Å²) in [6, 6.07) is 26.7. The number of nitriles is 1. The van der Waals surface area contributed by atoms with Crippen molar-refractivity contribution in [1.82, 2.24) is 10.9 Å². The van der Waals surface area contributed by atoms with Crippen molar-refractivity contribution in [2.24, 2.45) is 0 Å². The number of benzene rings is 3. The minimum atomic E-state index is -0.443. The van der Waals surface area contributed by atoms with Crippen LogP contribution in [0.4, 0.5) is 0 Å². The van der Waals surface area contributed by atoms with Crippen molar-refractivity contribution in [3.63, 3.8) is 0 Å². The molecule has 6 nitrogen and oxygen atoms in total. The highest BCUT2D eigenvalue weighted by Crippen LogP contribution is 2.21. The zero-order valence-electron chi connectivity index (χ0n) is 17.0. The van der Waals surface area contributed by atoms with E-state index in [2.05, 4.69) is 16.9 Å². The Bertz CT molecular complexity index is 1060. The second-order valence-electron chi connectivity index (χ2n) is 6.96. The first kappa shape index (κ1) is 21.6. The molecule has 0 aliphatic heterocycles. The van der Waals surface area contributed by atoms with Gasteiger partial charge in [-0.15, -0.1) is 0 Å². The Balaban J connectivity index is 1.42. The molecular weight excluding hydrogens is 390 g/mol. The molecule has 3 aromatic rings. The molecule has 31 heavy (non-hydrogen) atoms. The topological polar surface area (TPSA) is 91.2 Å². The molecule has 0 aliphatic rings. The molecule has 0 unspecified atom stereocenters. The Morgan fingerprint density at radius 2 is 1.48 bits per heavy atom. The lowest BCUT2D eigenvalue weighted by atomic mass is 10.0. The summed E-state index contributed by atoms with van der Waals surface area (Å²) in [6.07, 6.45) is 1.43. The van der Waals surface area contributed by atoms with Crippen molar-refractivity contribution in [2.45, 2.75) is 19.3 Å². The fourth-order valence-corrected chi connectivity index (χ4v) is 2.99. The Kier molecular flexibility index (Phi) is 7.78. The molecule has 3 rings (SSSR count). The maximum absolute atomic E-state index is 12.1. The maximum Gasteiger partial charge on any atom is 0.276 e. The van der Waals surface area contributed by atoms with Gasteiger partial charge < -0.3 is 4.74 Å². The average molecular weight is 413 g/mol. The standard InChI is InChI=1S/C25H23N3O3/c26-17-21-12-10-19(11-13-21)14-15-24(29)27-28-25(30)18-31-23-9-5-4-8-22(23)16-20-6-2-1-3-7-20/h1-13H,14-16,18H2,(H,27,29)(H,28,30). The fourth-order valence-electron chi connectivity index (χ4n) is 2.99. The number of hydrogen-bond donors (Lipinski definition) is 2. The van der Waals surface area contributed by atoms with Crippen molar-refractivity contribution in [3.8, 4) is 11.8 Å². The summed E-state index contributed by atoms with van der Waals surface area (Å²) in [5.74, 6) is -0.114.